The van der Waals surface area contributed by atoms with Gasteiger partial charge in [-0.05, 0) is 38.1 Å². The van der Waals surface area contributed by atoms with Gasteiger partial charge < -0.3 is 14.4 Å². The molecule has 0 aromatic rings. The van der Waals surface area contributed by atoms with Crippen LogP contribution in [0.4, 0.5) is 0 Å². The van der Waals surface area contributed by atoms with E-state index in [0.717, 1.165) is 51.9 Å². The van der Waals surface area contributed by atoms with E-state index in [-0.39, 0.29) is 5.79 Å². The lowest BCUT2D eigenvalue weighted by Crippen LogP contribution is -2.44. The first-order valence-electron chi connectivity index (χ1n) is 7.52. The van der Waals surface area contributed by atoms with Crippen molar-refractivity contribution in [1.82, 2.24) is 4.90 Å². The number of hydrogen-bond donors (Lipinski definition) is 0. The Balaban J connectivity index is 1.50. The first-order valence-corrected chi connectivity index (χ1v) is 7.52. The molecule has 1 spiro atoms. The van der Waals surface area contributed by atoms with Crippen molar-refractivity contribution in [2.24, 2.45) is 5.41 Å². The normalized spacial score (nSPS) is 28.7. The van der Waals surface area contributed by atoms with Gasteiger partial charge in [0.2, 0.25) is 0 Å². The van der Waals surface area contributed by atoms with Gasteiger partial charge in [0, 0.05) is 31.8 Å². The average molecular weight is 264 g/mol. The summed E-state index contributed by atoms with van der Waals surface area (Å²) in [6, 6.07) is 2.99. The van der Waals surface area contributed by atoms with Crippen molar-refractivity contribution in [3.05, 3.63) is 0 Å². The Morgan fingerprint density at radius 2 is 1.79 bits per heavy atom. The summed E-state index contributed by atoms with van der Waals surface area (Å²) in [4.78, 5) is 2.48. The molecule has 4 heteroatoms. The molecule has 0 unspecified atom stereocenters. The van der Waals surface area contributed by atoms with E-state index in [1.807, 2.05) is 0 Å². The maximum atomic E-state index is 8.90. The Morgan fingerprint density at radius 1 is 1.16 bits per heavy atom. The maximum absolute atomic E-state index is 8.90. The van der Waals surface area contributed by atoms with Crippen LogP contribution in [0.25, 0.3) is 0 Å². The van der Waals surface area contributed by atoms with Crippen LogP contribution in [-0.2, 0) is 9.47 Å². The Bertz CT molecular complexity index is 357. The monoisotopic (exact) mass is 264 g/mol. The van der Waals surface area contributed by atoms with E-state index in [1.54, 1.807) is 0 Å². The fraction of sp³-hybridized carbons (Fsp3) is 0.933. The van der Waals surface area contributed by atoms with Crippen LogP contribution in [0.2, 0.25) is 0 Å². The van der Waals surface area contributed by atoms with Crippen LogP contribution in [0.3, 0.4) is 0 Å². The highest BCUT2D eigenvalue weighted by molar-refractivity contribution is 5.01. The molecule has 1 aliphatic heterocycles. The second-order valence-electron chi connectivity index (χ2n) is 6.59. The SMILES string of the molecule is CN(CC1(CC#N)CC1)C1CCC2(CC1)OCCO2. The molecule has 4 nitrogen and oxygen atoms in total. The quantitative estimate of drug-likeness (QED) is 0.781. The van der Waals surface area contributed by atoms with Crippen LogP contribution < -0.4 is 0 Å². The van der Waals surface area contributed by atoms with Gasteiger partial charge in [-0.15, -0.1) is 0 Å². The Kier molecular flexibility index (Phi) is 3.55. The summed E-state index contributed by atoms with van der Waals surface area (Å²) in [5, 5.41) is 8.90. The van der Waals surface area contributed by atoms with E-state index >= 15 is 0 Å². The van der Waals surface area contributed by atoms with Gasteiger partial charge in [-0.25, -0.2) is 0 Å². The van der Waals surface area contributed by atoms with Crippen molar-refractivity contribution >= 4 is 0 Å². The lowest BCUT2D eigenvalue weighted by molar-refractivity contribution is -0.183. The minimum absolute atomic E-state index is 0.249. The Hall–Kier alpha value is -0.630. The third-order valence-electron chi connectivity index (χ3n) is 5.15. The zero-order chi connectivity index (χ0) is 13.3. The van der Waals surface area contributed by atoms with Gasteiger partial charge in [0.05, 0.1) is 19.3 Å². The first kappa shape index (κ1) is 13.4. The van der Waals surface area contributed by atoms with E-state index < -0.39 is 0 Å². The zero-order valence-corrected chi connectivity index (χ0v) is 11.9. The molecule has 1 heterocycles. The lowest BCUT2D eigenvalue weighted by Gasteiger charge is -2.40. The van der Waals surface area contributed by atoms with Crippen LogP contribution in [-0.4, -0.2) is 43.5 Å². The van der Waals surface area contributed by atoms with Crippen molar-refractivity contribution in [2.75, 3.05) is 26.8 Å². The molecular formula is C15H24N2O2. The van der Waals surface area contributed by atoms with E-state index in [9.17, 15) is 0 Å². The standard InChI is InChI=1S/C15H24N2O2/c1-17(12-14(6-7-14)8-9-16)13-2-4-15(5-3-13)18-10-11-19-15/h13H,2-8,10-12H2,1H3. The summed E-state index contributed by atoms with van der Waals surface area (Å²) in [5.74, 6) is -0.249. The summed E-state index contributed by atoms with van der Waals surface area (Å²) in [6.45, 7) is 2.59. The summed E-state index contributed by atoms with van der Waals surface area (Å²) in [7, 11) is 2.22. The predicted octanol–water partition coefficient (Wildman–Crippen LogP) is 2.30. The fourth-order valence-corrected chi connectivity index (χ4v) is 3.66. The second kappa shape index (κ2) is 5.05. The summed E-state index contributed by atoms with van der Waals surface area (Å²) in [6.07, 6.45) is 7.53. The van der Waals surface area contributed by atoms with E-state index in [1.165, 1.54) is 12.8 Å². The second-order valence-corrected chi connectivity index (χ2v) is 6.59. The first-order chi connectivity index (χ1) is 9.17. The highest BCUT2D eigenvalue weighted by atomic mass is 16.7. The van der Waals surface area contributed by atoms with Crippen molar-refractivity contribution in [1.29, 1.82) is 5.26 Å². The van der Waals surface area contributed by atoms with Crippen LogP contribution in [0.5, 0.6) is 0 Å². The molecule has 0 aromatic carbocycles. The zero-order valence-electron chi connectivity index (χ0n) is 11.9. The highest BCUT2D eigenvalue weighted by Gasteiger charge is 2.46. The van der Waals surface area contributed by atoms with Crippen LogP contribution in [0.1, 0.15) is 44.9 Å². The third kappa shape index (κ3) is 2.79. The van der Waals surface area contributed by atoms with Gasteiger partial charge in [-0.2, -0.15) is 5.26 Å². The van der Waals surface area contributed by atoms with Gasteiger partial charge in [0.1, 0.15) is 0 Å². The minimum Gasteiger partial charge on any atom is -0.348 e. The Labute approximate surface area is 115 Å². The predicted molar refractivity (Wildman–Crippen MR) is 71.4 cm³/mol. The molecule has 3 rings (SSSR count). The highest BCUT2D eigenvalue weighted by Crippen LogP contribution is 2.49. The van der Waals surface area contributed by atoms with Gasteiger partial charge in [-0.1, -0.05) is 0 Å². The maximum Gasteiger partial charge on any atom is 0.168 e. The van der Waals surface area contributed by atoms with Gasteiger partial charge in [0.25, 0.3) is 0 Å². The van der Waals surface area contributed by atoms with Crippen LogP contribution in [0, 0.1) is 16.7 Å². The molecular weight excluding hydrogens is 240 g/mol. The van der Waals surface area contributed by atoms with Crippen LogP contribution >= 0.6 is 0 Å². The van der Waals surface area contributed by atoms with Crippen molar-refractivity contribution < 1.29 is 9.47 Å². The molecule has 19 heavy (non-hydrogen) atoms. The van der Waals surface area contributed by atoms with Gasteiger partial charge in [0.15, 0.2) is 5.79 Å². The minimum atomic E-state index is -0.249. The van der Waals surface area contributed by atoms with Gasteiger partial charge in [-0.3, -0.25) is 0 Å². The fourth-order valence-electron chi connectivity index (χ4n) is 3.66. The molecule has 3 fully saturated rings. The number of ether oxygens (including phenoxy) is 2. The summed E-state index contributed by atoms with van der Waals surface area (Å²) in [5.41, 5.74) is 0.318. The number of nitriles is 1. The summed E-state index contributed by atoms with van der Waals surface area (Å²) >= 11 is 0. The molecule has 0 amide bonds. The topological polar surface area (TPSA) is 45.5 Å². The number of hydrogen-bond acceptors (Lipinski definition) is 4. The molecule has 0 atom stereocenters. The molecule has 106 valence electrons. The molecule has 0 bridgehead atoms. The lowest BCUT2D eigenvalue weighted by atomic mass is 9.88. The largest absolute Gasteiger partial charge is 0.348 e. The number of nitrogens with zero attached hydrogens (tertiary/aromatic N) is 2. The molecule has 2 saturated carbocycles. The van der Waals surface area contributed by atoms with E-state index in [2.05, 4.69) is 18.0 Å². The summed E-state index contributed by atoms with van der Waals surface area (Å²) < 4.78 is 11.6. The van der Waals surface area contributed by atoms with E-state index in [0.29, 0.717) is 11.5 Å². The van der Waals surface area contributed by atoms with Crippen molar-refractivity contribution in [3.8, 4) is 6.07 Å². The molecule has 2 aliphatic carbocycles. The average Bonchev–Trinajstić information content (AvgIpc) is 3.00. The molecule has 0 N–H and O–H groups in total. The van der Waals surface area contributed by atoms with Crippen LogP contribution in [0.15, 0.2) is 0 Å². The third-order valence-corrected chi connectivity index (χ3v) is 5.15. The van der Waals surface area contributed by atoms with E-state index in [4.69, 9.17) is 14.7 Å². The number of rotatable bonds is 4. The smallest absolute Gasteiger partial charge is 0.168 e. The van der Waals surface area contributed by atoms with Crippen molar-refractivity contribution in [3.63, 3.8) is 0 Å². The molecule has 3 aliphatic rings. The Morgan fingerprint density at radius 3 is 2.32 bits per heavy atom. The molecule has 0 aromatic heterocycles. The van der Waals surface area contributed by atoms with Gasteiger partial charge >= 0.3 is 0 Å². The molecule has 1 saturated heterocycles. The van der Waals surface area contributed by atoms with Crippen molar-refractivity contribution in [2.45, 2.75) is 56.8 Å². The molecule has 0 radical (unpaired) electrons.